The lowest BCUT2D eigenvalue weighted by atomic mass is 9.90. The zero-order valence-corrected chi connectivity index (χ0v) is 9.17. The number of hydrogen-bond donors (Lipinski definition) is 2. The molecule has 78 valence electrons. The minimum atomic E-state index is 0.282. The van der Waals surface area contributed by atoms with Gasteiger partial charge in [-0.2, -0.15) is 0 Å². The van der Waals surface area contributed by atoms with Gasteiger partial charge in [-0.25, -0.2) is 4.98 Å². The van der Waals surface area contributed by atoms with Crippen molar-refractivity contribution in [2.75, 3.05) is 17.6 Å². The summed E-state index contributed by atoms with van der Waals surface area (Å²) >= 11 is 0. The van der Waals surface area contributed by atoms with Gasteiger partial charge in [-0.05, 0) is 24.0 Å². The molecule has 0 saturated heterocycles. The number of anilines is 2. The average molecular weight is 193 g/mol. The van der Waals surface area contributed by atoms with Crippen LogP contribution in [-0.2, 0) is 0 Å². The van der Waals surface area contributed by atoms with Crippen molar-refractivity contribution in [2.24, 2.45) is 5.41 Å². The van der Waals surface area contributed by atoms with Gasteiger partial charge in [0, 0.05) is 12.7 Å². The van der Waals surface area contributed by atoms with Gasteiger partial charge < -0.3 is 11.1 Å². The molecule has 0 radical (unpaired) electrons. The number of nitrogens with zero attached hydrogens (tertiary/aromatic N) is 1. The van der Waals surface area contributed by atoms with Gasteiger partial charge >= 0.3 is 0 Å². The fraction of sp³-hybridized carbons (Fsp3) is 0.545. The highest BCUT2D eigenvalue weighted by Gasteiger charge is 2.14. The Kier molecular flexibility index (Phi) is 3.33. The Morgan fingerprint density at radius 3 is 2.79 bits per heavy atom. The highest BCUT2D eigenvalue weighted by atomic mass is 15.0. The van der Waals surface area contributed by atoms with Gasteiger partial charge in [-0.15, -0.1) is 0 Å². The van der Waals surface area contributed by atoms with Crippen LogP contribution < -0.4 is 11.1 Å². The van der Waals surface area contributed by atoms with Crippen molar-refractivity contribution in [3.63, 3.8) is 0 Å². The Morgan fingerprint density at radius 2 is 2.21 bits per heavy atom. The maximum Gasteiger partial charge on any atom is 0.149 e. The maximum absolute atomic E-state index is 5.77. The van der Waals surface area contributed by atoms with E-state index in [-0.39, 0.29) is 5.41 Å². The summed E-state index contributed by atoms with van der Waals surface area (Å²) in [5.74, 6) is 0.786. The topological polar surface area (TPSA) is 50.9 Å². The Balaban J connectivity index is 2.58. The third kappa shape index (κ3) is 2.91. The van der Waals surface area contributed by atoms with Crippen LogP contribution in [0.3, 0.4) is 0 Å². The van der Waals surface area contributed by atoms with Gasteiger partial charge in [0.1, 0.15) is 5.82 Å². The molecule has 3 N–H and O–H groups in total. The highest BCUT2D eigenvalue weighted by molar-refractivity contribution is 5.60. The predicted molar refractivity (Wildman–Crippen MR) is 61.2 cm³/mol. The molecule has 0 fully saturated rings. The van der Waals surface area contributed by atoms with Crippen molar-refractivity contribution in [3.05, 3.63) is 18.3 Å². The second-order valence-electron chi connectivity index (χ2n) is 4.31. The molecule has 0 aliphatic heterocycles. The third-order valence-electron chi connectivity index (χ3n) is 2.53. The molecule has 1 heterocycles. The number of hydrogen-bond acceptors (Lipinski definition) is 3. The number of rotatable bonds is 4. The van der Waals surface area contributed by atoms with E-state index in [1.807, 2.05) is 12.1 Å². The second-order valence-corrected chi connectivity index (χ2v) is 4.31. The van der Waals surface area contributed by atoms with Crippen molar-refractivity contribution in [2.45, 2.75) is 27.2 Å². The fourth-order valence-corrected chi connectivity index (χ4v) is 1.01. The Morgan fingerprint density at radius 1 is 1.50 bits per heavy atom. The van der Waals surface area contributed by atoms with Gasteiger partial charge in [0.15, 0.2) is 0 Å². The van der Waals surface area contributed by atoms with Gasteiger partial charge in [0.25, 0.3) is 0 Å². The van der Waals surface area contributed by atoms with E-state index in [2.05, 4.69) is 31.1 Å². The molecule has 3 nitrogen and oxygen atoms in total. The Hall–Kier alpha value is -1.25. The van der Waals surface area contributed by atoms with Crippen LogP contribution in [0.5, 0.6) is 0 Å². The van der Waals surface area contributed by atoms with Crippen molar-refractivity contribution in [3.8, 4) is 0 Å². The lowest BCUT2D eigenvalue weighted by Gasteiger charge is -2.23. The van der Waals surface area contributed by atoms with Crippen LogP contribution >= 0.6 is 0 Å². The number of nitrogens with one attached hydrogen (secondary N) is 1. The first-order valence-electron chi connectivity index (χ1n) is 4.99. The average Bonchev–Trinajstić information content (AvgIpc) is 2.17. The molecule has 0 aromatic carbocycles. The minimum Gasteiger partial charge on any atom is -0.396 e. The van der Waals surface area contributed by atoms with E-state index >= 15 is 0 Å². The molecule has 0 amide bonds. The van der Waals surface area contributed by atoms with Crippen LogP contribution in [0.2, 0.25) is 0 Å². The van der Waals surface area contributed by atoms with E-state index in [9.17, 15) is 0 Å². The smallest absolute Gasteiger partial charge is 0.149 e. The molecule has 0 bridgehead atoms. The lowest BCUT2D eigenvalue weighted by molar-refractivity contribution is 0.376. The summed E-state index contributed by atoms with van der Waals surface area (Å²) < 4.78 is 0. The quantitative estimate of drug-likeness (QED) is 0.772. The molecule has 0 atom stereocenters. The Bertz CT molecular complexity index is 294. The molecular formula is C11H19N3. The van der Waals surface area contributed by atoms with E-state index in [0.29, 0.717) is 5.69 Å². The van der Waals surface area contributed by atoms with Crippen molar-refractivity contribution < 1.29 is 0 Å². The van der Waals surface area contributed by atoms with Crippen molar-refractivity contribution in [1.29, 1.82) is 0 Å². The SMILES string of the molecule is CCC(C)(C)CNc1ncccc1N. The molecule has 0 spiro atoms. The third-order valence-corrected chi connectivity index (χ3v) is 2.53. The van der Waals surface area contributed by atoms with Crippen LogP contribution in [0.25, 0.3) is 0 Å². The van der Waals surface area contributed by atoms with Crippen molar-refractivity contribution >= 4 is 11.5 Å². The lowest BCUT2D eigenvalue weighted by Crippen LogP contribution is -2.22. The van der Waals surface area contributed by atoms with Crippen molar-refractivity contribution in [1.82, 2.24) is 4.98 Å². The molecule has 1 rings (SSSR count). The molecular weight excluding hydrogens is 174 g/mol. The van der Waals surface area contributed by atoms with E-state index in [1.165, 1.54) is 0 Å². The van der Waals surface area contributed by atoms with Crippen LogP contribution in [0.4, 0.5) is 11.5 Å². The first-order chi connectivity index (χ1) is 6.55. The van der Waals surface area contributed by atoms with Gasteiger partial charge in [-0.3, -0.25) is 0 Å². The Labute approximate surface area is 85.7 Å². The first kappa shape index (κ1) is 10.8. The molecule has 0 aliphatic rings. The molecule has 1 aromatic heterocycles. The van der Waals surface area contributed by atoms with E-state index in [1.54, 1.807) is 6.20 Å². The van der Waals surface area contributed by atoms with Gasteiger partial charge in [0.2, 0.25) is 0 Å². The molecule has 1 aromatic rings. The zero-order valence-electron chi connectivity index (χ0n) is 9.17. The van der Waals surface area contributed by atoms with Gasteiger partial charge in [0.05, 0.1) is 5.69 Å². The first-order valence-corrected chi connectivity index (χ1v) is 4.99. The highest BCUT2D eigenvalue weighted by Crippen LogP contribution is 2.21. The summed E-state index contributed by atoms with van der Waals surface area (Å²) in [6, 6.07) is 3.69. The van der Waals surface area contributed by atoms with Crippen LogP contribution in [0.15, 0.2) is 18.3 Å². The second kappa shape index (κ2) is 4.31. The number of pyridine rings is 1. The molecule has 3 heteroatoms. The summed E-state index contributed by atoms with van der Waals surface area (Å²) in [5, 5.41) is 3.27. The molecule has 0 saturated carbocycles. The van der Waals surface area contributed by atoms with E-state index in [0.717, 1.165) is 18.8 Å². The molecule has 0 unspecified atom stereocenters. The summed E-state index contributed by atoms with van der Waals surface area (Å²) in [6.45, 7) is 7.52. The molecule has 14 heavy (non-hydrogen) atoms. The normalized spacial score (nSPS) is 11.4. The standard InChI is InChI=1S/C11H19N3/c1-4-11(2,3)8-14-10-9(12)6-5-7-13-10/h5-7H,4,8,12H2,1-3H3,(H,13,14). The summed E-state index contributed by atoms with van der Waals surface area (Å²) in [5.41, 5.74) is 6.76. The van der Waals surface area contributed by atoms with E-state index < -0.39 is 0 Å². The van der Waals surface area contributed by atoms with E-state index in [4.69, 9.17) is 5.73 Å². The van der Waals surface area contributed by atoms with Crippen LogP contribution in [-0.4, -0.2) is 11.5 Å². The summed E-state index contributed by atoms with van der Waals surface area (Å²) in [4.78, 5) is 4.18. The van der Waals surface area contributed by atoms with Gasteiger partial charge in [-0.1, -0.05) is 20.8 Å². The maximum atomic E-state index is 5.77. The summed E-state index contributed by atoms with van der Waals surface area (Å²) in [7, 11) is 0. The monoisotopic (exact) mass is 193 g/mol. The number of nitrogen functional groups attached to an aromatic ring is 1. The molecule has 0 aliphatic carbocycles. The summed E-state index contributed by atoms with van der Waals surface area (Å²) in [6.07, 6.45) is 2.88. The van der Waals surface area contributed by atoms with Crippen LogP contribution in [0, 0.1) is 5.41 Å². The van der Waals surface area contributed by atoms with Crippen LogP contribution in [0.1, 0.15) is 27.2 Å². The fourth-order valence-electron chi connectivity index (χ4n) is 1.01. The zero-order chi connectivity index (χ0) is 10.6. The number of aromatic nitrogens is 1. The largest absolute Gasteiger partial charge is 0.396 e. The minimum absolute atomic E-state index is 0.282. The predicted octanol–water partition coefficient (Wildman–Crippen LogP) is 2.51. The number of nitrogens with two attached hydrogens (primary N) is 1.